The minimum absolute atomic E-state index is 0.00437. The van der Waals surface area contributed by atoms with E-state index in [1.807, 2.05) is 36.1 Å². The summed E-state index contributed by atoms with van der Waals surface area (Å²) in [6.45, 7) is 3.92. The summed E-state index contributed by atoms with van der Waals surface area (Å²) in [6, 6.07) is 7.74. The third kappa shape index (κ3) is 4.29. The van der Waals surface area contributed by atoms with Gasteiger partial charge in [0.15, 0.2) is 5.82 Å². The topological polar surface area (TPSA) is 69.5 Å². The number of hydrogen-bond donors (Lipinski definition) is 0. The lowest BCUT2D eigenvalue weighted by Gasteiger charge is -2.27. The Morgan fingerprint density at radius 3 is 2.97 bits per heavy atom. The molecule has 7 nitrogen and oxygen atoms in total. The molecule has 0 aliphatic carbocycles. The molecule has 3 heterocycles. The highest BCUT2D eigenvalue weighted by molar-refractivity contribution is 5.81. The van der Waals surface area contributed by atoms with Crippen molar-refractivity contribution in [3.05, 3.63) is 41.5 Å². The maximum atomic E-state index is 13.2. The van der Waals surface area contributed by atoms with E-state index >= 15 is 0 Å². The molecule has 29 heavy (non-hydrogen) atoms. The molecule has 1 aromatic carbocycles. The molecule has 0 radical (unpaired) electrons. The minimum Gasteiger partial charge on any atom is -0.497 e. The summed E-state index contributed by atoms with van der Waals surface area (Å²) in [6.07, 6.45) is 5.94. The van der Waals surface area contributed by atoms with Crippen LogP contribution in [0.3, 0.4) is 0 Å². The summed E-state index contributed by atoms with van der Waals surface area (Å²) >= 11 is 0. The fraction of sp³-hybridized carbons (Fsp3) is 0.591. The van der Waals surface area contributed by atoms with Crippen molar-refractivity contribution in [1.82, 2.24) is 19.7 Å². The Balaban J connectivity index is 1.43. The average Bonchev–Trinajstić information content (AvgIpc) is 3.32. The van der Waals surface area contributed by atoms with Crippen LogP contribution in [0.25, 0.3) is 0 Å². The molecule has 1 saturated heterocycles. The Labute approximate surface area is 172 Å². The van der Waals surface area contributed by atoms with E-state index in [1.54, 1.807) is 7.11 Å². The Hall–Kier alpha value is -2.41. The largest absolute Gasteiger partial charge is 0.497 e. The Morgan fingerprint density at radius 1 is 1.21 bits per heavy atom. The van der Waals surface area contributed by atoms with Gasteiger partial charge in [0, 0.05) is 19.5 Å². The van der Waals surface area contributed by atoms with Gasteiger partial charge in [-0.3, -0.25) is 4.79 Å². The molecule has 2 atom stereocenters. The number of amides is 1. The van der Waals surface area contributed by atoms with Gasteiger partial charge in [-0.15, -0.1) is 10.2 Å². The van der Waals surface area contributed by atoms with Gasteiger partial charge in [0.25, 0.3) is 5.91 Å². The maximum absolute atomic E-state index is 13.2. The van der Waals surface area contributed by atoms with E-state index < -0.39 is 6.10 Å². The third-order valence-corrected chi connectivity index (χ3v) is 5.95. The number of likely N-dealkylation sites (tertiary alicyclic amines) is 1. The average molecular weight is 399 g/mol. The van der Waals surface area contributed by atoms with E-state index in [0.29, 0.717) is 6.61 Å². The molecule has 1 aromatic heterocycles. The quantitative estimate of drug-likeness (QED) is 0.747. The van der Waals surface area contributed by atoms with Gasteiger partial charge in [-0.1, -0.05) is 18.6 Å². The Kier molecular flexibility index (Phi) is 6.13. The van der Waals surface area contributed by atoms with Crippen molar-refractivity contribution >= 4 is 5.91 Å². The van der Waals surface area contributed by atoms with Crippen LogP contribution in [0.15, 0.2) is 24.3 Å². The number of rotatable bonds is 6. The van der Waals surface area contributed by atoms with Crippen LogP contribution in [-0.4, -0.2) is 45.3 Å². The zero-order valence-electron chi connectivity index (χ0n) is 17.3. The molecular formula is C22H30N4O3. The molecule has 4 rings (SSSR count). The smallest absolute Gasteiger partial charge is 0.252 e. The highest BCUT2D eigenvalue weighted by Crippen LogP contribution is 2.33. The van der Waals surface area contributed by atoms with Gasteiger partial charge in [-0.2, -0.15) is 0 Å². The Morgan fingerprint density at radius 2 is 2.10 bits per heavy atom. The second-order valence-corrected chi connectivity index (χ2v) is 7.93. The normalized spacial score (nSPS) is 20.2. The lowest BCUT2D eigenvalue weighted by molar-refractivity contribution is -0.144. The van der Waals surface area contributed by atoms with Crippen LogP contribution in [0, 0.1) is 0 Å². The van der Waals surface area contributed by atoms with Crippen LogP contribution in [0.2, 0.25) is 0 Å². The van der Waals surface area contributed by atoms with Crippen molar-refractivity contribution in [3.8, 4) is 5.75 Å². The molecule has 1 fully saturated rings. The maximum Gasteiger partial charge on any atom is 0.252 e. The van der Waals surface area contributed by atoms with Gasteiger partial charge in [0.05, 0.1) is 19.8 Å². The summed E-state index contributed by atoms with van der Waals surface area (Å²) in [4.78, 5) is 15.1. The second-order valence-electron chi connectivity index (χ2n) is 7.93. The van der Waals surface area contributed by atoms with Gasteiger partial charge in [0.2, 0.25) is 0 Å². The summed E-state index contributed by atoms with van der Waals surface area (Å²) in [7, 11) is 1.64. The van der Waals surface area contributed by atoms with Gasteiger partial charge in [0.1, 0.15) is 17.7 Å². The number of carbonyl (C=O) groups is 1. The van der Waals surface area contributed by atoms with Gasteiger partial charge >= 0.3 is 0 Å². The van der Waals surface area contributed by atoms with Gasteiger partial charge < -0.3 is 18.9 Å². The first-order chi connectivity index (χ1) is 14.2. The molecule has 2 aliphatic heterocycles. The number of methoxy groups -OCH3 is 1. The number of hydrogen-bond acceptors (Lipinski definition) is 5. The first kappa shape index (κ1) is 19.9. The highest BCUT2D eigenvalue weighted by Gasteiger charge is 2.36. The summed E-state index contributed by atoms with van der Waals surface area (Å²) in [5.74, 6) is 2.84. The molecule has 0 saturated carbocycles. The van der Waals surface area contributed by atoms with Crippen molar-refractivity contribution in [1.29, 1.82) is 0 Å². The molecule has 0 bridgehead atoms. The predicted octanol–water partition coefficient (Wildman–Crippen LogP) is 3.28. The summed E-state index contributed by atoms with van der Waals surface area (Å²) < 4.78 is 13.4. The monoisotopic (exact) mass is 398 g/mol. The van der Waals surface area contributed by atoms with Crippen LogP contribution in [0.1, 0.15) is 62.3 Å². The first-order valence-electron chi connectivity index (χ1n) is 10.6. The van der Waals surface area contributed by atoms with E-state index in [-0.39, 0.29) is 11.9 Å². The number of benzene rings is 1. The number of ether oxygens (including phenoxy) is 2. The van der Waals surface area contributed by atoms with Crippen molar-refractivity contribution in [2.24, 2.45) is 0 Å². The Bertz CT molecular complexity index is 850. The SMILES string of the molecule is COc1cccc(CO[C@@H](C)C(=O)N2CCC[C@@H]2c2nnc3n2CCCCC3)c1. The third-order valence-electron chi connectivity index (χ3n) is 5.95. The number of fused-ring (bicyclic) bond motifs is 1. The predicted molar refractivity (Wildman–Crippen MR) is 109 cm³/mol. The van der Waals surface area contributed by atoms with E-state index in [2.05, 4.69) is 14.8 Å². The van der Waals surface area contributed by atoms with Crippen LogP contribution < -0.4 is 4.74 Å². The molecular weight excluding hydrogens is 368 g/mol. The van der Waals surface area contributed by atoms with Crippen LogP contribution in [0.4, 0.5) is 0 Å². The standard InChI is InChI=1S/C22H30N4O3/c1-16(29-15-17-8-6-9-18(14-17)28-2)22(27)25-13-7-10-19(25)21-24-23-20-11-4-3-5-12-26(20)21/h6,8-9,14,16,19H,3-5,7,10-13,15H2,1-2H3/t16-,19+/m0/s1. The lowest BCUT2D eigenvalue weighted by Crippen LogP contribution is -2.39. The molecule has 0 spiro atoms. The number of aromatic nitrogens is 3. The van der Waals surface area contributed by atoms with E-state index in [0.717, 1.165) is 61.7 Å². The van der Waals surface area contributed by atoms with Crippen LogP contribution in [0.5, 0.6) is 5.75 Å². The molecule has 156 valence electrons. The fourth-order valence-corrected chi connectivity index (χ4v) is 4.34. The summed E-state index contributed by atoms with van der Waals surface area (Å²) in [5.41, 5.74) is 0.991. The summed E-state index contributed by atoms with van der Waals surface area (Å²) in [5, 5.41) is 8.91. The minimum atomic E-state index is -0.506. The first-order valence-corrected chi connectivity index (χ1v) is 10.6. The van der Waals surface area contributed by atoms with E-state index in [1.165, 1.54) is 12.8 Å². The second kappa shape index (κ2) is 8.95. The zero-order chi connectivity index (χ0) is 20.2. The molecule has 0 N–H and O–H groups in total. The van der Waals surface area contributed by atoms with Gasteiger partial charge in [-0.25, -0.2) is 0 Å². The van der Waals surface area contributed by atoms with Crippen molar-refractivity contribution < 1.29 is 14.3 Å². The molecule has 0 unspecified atom stereocenters. The van der Waals surface area contributed by atoms with E-state index in [9.17, 15) is 4.79 Å². The van der Waals surface area contributed by atoms with Crippen molar-refractivity contribution in [2.75, 3.05) is 13.7 Å². The van der Waals surface area contributed by atoms with Crippen molar-refractivity contribution in [3.63, 3.8) is 0 Å². The number of carbonyl (C=O) groups excluding carboxylic acids is 1. The zero-order valence-corrected chi connectivity index (χ0v) is 17.3. The number of aryl methyl sites for hydroxylation is 1. The lowest BCUT2D eigenvalue weighted by atomic mass is 10.2. The molecule has 1 amide bonds. The van der Waals surface area contributed by atoms with Crippen LogP contribution in [-0.2, 0) is 29.1 Å². The molecule has 2 aromatic rings. The highest BCUT2D eigenvalue weighted by atomic mass is 16.5. The van der Waals surface area contributed by atoms with Crippen molar-refractivity contribution in [2.45, 2.75) is 70.7 Å². The number of nitrogens with zero attached hydrogens (tertiary/aromatic N) is 4. The fourth-order valence-electron chi connectivity index (χ4n) is 4.34. The van der Waals surface area contributed by atoms with Gasteiger partial charge in [-0.05, 0) is 50.3 Å². The van der Waals surface area contributed by atoms with E-state index in [4.69, 9.17) is 9.47 Å². The molecule has 7 heteroatoms. The van der Waals surface area contributed by atoms with Crippen LogP contribution >= 0.6 is 0 Å². The molecule has 2 aliphatic rings.